The van der Waals surface area contributed by atoms with Gasteiger partial charge in [-0.1, -0.05) is 0 Å². The van der Waals surface area contributed by atoms with Crippen molar-refractivity contribution in [3.05, 3.63) is 30.0 Å². The van der Waals surface area contributed by atoms with Crippen molar-refractivity contribution < 1.29 is 14.6 Å². The molecule has 0 amide bonds. The molecule has 0 bridgehead atoms. The summed E-state index contributed by atoms with van der Waals surface area (Å²) in [5, 5.41) is 11.1. The van der Waals surface area contributed by atoms with Crippen molar-refractivity contribution in [1.29, 1.82) is 0 Å². The minimum absolute atomic E-state index is 0.290. The van der Waals surface area contributed by atoms with E-state index in [9.17, 15) is 9.90 Å². The molecule has 2 heterocycles. The molecule has 1 aromatic carbocycles. The van der Waals surface area contributed by atoms with Gasteiger partial charge in [0.25, 0.3) is 0 Å². The average molecular weight is 301 g/mol. The summed E-state index contributed by atoms with van der Waals surface area (Å²) >= 11 is 0. The Morgan fingerprint density at radius 3 is 2.64 bits per heavy atom. The second kappa shape index (κ2) is 5.81. The molecule has 0 spiro atoms. The summed E-state index contributed by atoms with van der Waals surface area (Å²) in [6.07, 6.45) is 1.83. The molecule has 6 heteroatoms. The summed E-state index contributed by atoms with van der Waals surface area (Å²) in [5.74, 6) is -0.0815. The van der Waals surface area contributed by atoms with E-state index in [0.717, 1.165) is 35.4 Å². The third-order valence-electron chi connectivity index (χ3n) is 3.87. The largest absolute Gasteiger partial charge is 0.478 e. The van der Waals surface area contributed by atoms with Crippen molar-refractivity contribution >= 4 is 28.2 Å². The van der Waals surface area contributed by atoms with Gasteiger partial charge in [-0.25, -0.2) is 9.78 Å². The van der Waals surface area contributed by atoms with Crippen molar-refractivity contribution in [2.24, 2.45) is 0 Å². The normalized spacial score (nSPS) is 15.1. The highest BCUT2D eigenvalue weighted by Gasteiger charge is 2.18. The van der Waals surface area contributed by atoms with Crippen LogP contribution in [0.25, 0.3) is 10.8 Å². The summed E-state index contributed by atoms with van der Waals surface area (Å²) in [6, 6.07) is 5.20. The fraction of sp³-hybridized carbons (Fsp3) is 0.375. The number of hydrogen-bond acceptors (Lipinski definition) is 5. The van der Waals surface area contributed by atoms with E-state index in [4.69, 9.17) is 4.74 Å². The van der Waals surface area contributed by atoms with Crippen LogP contribution in [0.15, 0.2) is 24.4 Å². The molecule has 3 rings (SSSR count). The second-order valence-electron chi connectivity index (χ2n) is 5.53. The van der Waals surface area contributed by atoms with Crippen LogP contribution in [0, 0.1) is 0 Å². The quantitative estimate of drug-likeness (QED) is 0.933. The molecule has 1 aromatic heterocycles. The van der Waals surface area contributed by atoms with Crippen LogP contribution >= 0.6 is 0 Å². The van der Waals surface area contributed by atoms with Gasteiger partial charge in [-0.3, -0.25) is 0 Å². The first-order valence-electron chi connectivity index (χ1n) is 7.24. The van der Waals surface area contributed by atoms with E-state index in [2.05, 4.69) is 9.88 Å². The van der Waals surface area contributed by atoms with Gasteiger partial charge in [0, 0.05) is 38.0 Å². The standard InChI is InChI=1S/C16H19N3O3/c1-18(2)15-12-4-3-11(16(20)21)9-13(12)14(10-17-15)19-5-7-22-8-6-19/h3-4,9-10H,5-8H2,1-2H3,(H,20,21). The fourth-order valence-electron chi connectivity index (χ4n) is 2.76. The van der Waals surface area contributed by atoms with Crippen molar-refractivity contribution in [1.82, 2.24) is 4.98 Å². The fourth-order valence-corrected chi connectivity index (χ4v) is 2.76. The van der Waals surface area contributed by atoms with E-state index in [1.165, 1.54) is 0 Å². The minimum Gasteiger partial charge on any atom is -0.478 e. The number of nitrogens with zero attached hydrogens (tertiary/aromatic N) is 3. The molecule has 22 heavy (non-hydrogen) atoms. The molecule has 0 aliphatic carbocycles. The van der Waals surface area contributed by atoms with E-state index in [-0.39, 0.29) is 5.56 Å². The third kappa shape index (κ3) is 2.57. The van der Waals surface area contributed by atoms with Crippen LogP contribution in [0.2, 0.25) is 0 Å². The maximum absolute atomic E-state index is 11.3. The molecule has 116 valence electrons. The number of rotatable bonds is 3. The number of carboxylic acids is 1. The molecular formula is C16H19N3O3. The lowest BCUT2D eigenvalue weighted by Gasteiger charge is -2.30. The Morgan fingerprint density at radius 2 is 2.00 bits per heavy atom. The van der Waals surface area contributed by atoms with E-state index in [0.29, 0.717) is 13.2 Å². The first-order chi connectivity index (χ1) is 10.6. The third-order valence-corrected chi connectivity index (χ3v) is 3.87. The topological polar surface area (TPSA) is 65.9 Å². The summed E-state index contributed by atoms with van der Waals surface area (Å²) in [5.41, 5.74) is 1.25. The Hall–Kier alpha value is -2.34. The highest BCUT2D eigenvalue weighted by Crippen LogP contribution is 2.32. The maximum atomic E-state index is 11.3. The molecule has 1 aliphatic rings. The van der Waals surface area contributed by atoms with E-state index in [1.54, 1.807) is 12.1 Å². The molecule has 1 saturated heterocycles. The number of carbonyl (C=O) groups is 1. The monoisotopic (exact) mass is 301 g/mol. The minimum atomic E-state index is -0.918. The second-order valence-corrected chi connectivity index (χ2v) is 5.53. The first-order valence-corrected chi connectivity index (χ1v) is 7.24. The van der Waals surface area contributed by atoms with Gasteiger partial charge in [0.15, 0.2) is 0 Å². The van der Waals surface area contributed by atoms with Gasteiger partial charge >= 0.3 is 5.97 Å². The van der Waals surface area contributed by atoms with E-state index in [1.807, 2.05) is 31.3 Å². The van der Waals surface area contributed by atoms with Crippen molar-refractivity contribution in [3.63, 3.8) is 0 Å². The van der Waals surface area contributed by atoms with Gasteiger partial charge in [0.2, 0.25) is 0 Å². The summed E-state index contributed by atoms with van der Waals surface area (Å²) in [4.78, 5) is 20.0. The molecule has 1 aliphatic heterocycles. The Morgan fingerprint density at radius 1 is 1.27 bits per heavy atom. The lowest BCUT2D eigenvalue weighted by Crippen LogP contribution is -2.36. The molecular weight excluding hydrogens is 282 g/mol. The van der Waals surface area contributed by atoms with Gasteiger partial charge in [-0.15, -0.1) is 0 Å². The van der Waals surface area contributed by atoms with Crippen molar-refractivity contribution in [3.8, 4) is 0 Å². The number of aromatic carboxylic acids is 1. The Labute approximate surface area is 128 Å². The molecule has 0 atom stereocenters. The van der Waals surface area contributed by atoms with Gasteiger partial charge in [-0.05, 0) is 18.2 Å². The number of aromatic nitrogens is 1. The SMILES string of the molecule is CN(C)c1ncc(N2CCOCC2)c2cc(C(=O)O)ccc12. The smallest absolute Gasteiger partial charge is 0.335 e. The summed E-state index contributed by atoms with van der Waals surface area (Å²) in [6.45, 7) is 2.93. The zero-order valence-electron chi connectivity index (χ0n) is 12.7. The number of anilines is 2. The maximum Gasteiger partial charge on any atom is 0.335 e. The molecule has 1 fully saturated rings. The Bertz CT molecular complexity index is 709. The number of ether oxygens (including phenoxy) is 1. The van der Waals surface area contributed by atoms with Gasteiger partial charge < -0.3 is 19.6 Å². The highest BCUT2D eigenvalue weighted by molar-refractivity contribution is 6.04. The number of fused-ring (bicyclic) bond motifs is 1. The predicted octanol–water partition coefficient (Wildman–Crippen LogP) is 1.84. The van der Waals surface area contributed by atoms with E-state index >= 15 is 0 Å². The number of morpholine rings is 1. The van der Waals surface area contributed by atoms with Gasteiger partial charge in [0.05, 0.1) is 30.7 Å². The van der Waals surface area contributed by atoms with Crippen LogP contribution in [0.4, 0.5) is 11.5 Å². The van der Waals surface area contributed by atoms with Crippen LogP contribution in [-0.4, -0.2) is 56.5 Å². The number of benzene rings is 1. The van der Waals surface area contributed by atoms with Crippen LogP contribution in [0.5, 0.6) is 0 Å². The zero-order valence-corrected chi connectivity index (χ0v) is 12.7. The molecule has 0 radical (unpaired) electrons. The summed E-state index contributed by atoms with van der Waals surface area (Å²) < 4.78 is 5.39. The lowest BCUT2D eigenvalue weighted by atomic mass is 10.1. The van der Waals surface area contributed by atoms with Crippen molar-refractivity contribution in [2.45, 2.75) is 0 Å². The summed E-state index contributed by atoms with van der Waals surface area (Å²) in [7, 11) is 3.86. The molecule has 2 aromatic rings. The predicted molar refractivity (Wildman–Crippen MR) is 86.1 cm³/mol. The Balaban J connectivity index is 2.20. The highest BCUT2D eigenvalue weighted by atomic mass is 16.5. The molecule has 6 nitrogen and oxygen atoms in total. The van der Waals surface area contributed by atoms with Gasteiger partial charge in [0.1, 0.15) is 5.82 Å². The molecule has 1 N–H and O–H groups in total. The van der Waals surface area contributed by atoms with Crippen LogP contribution < -0.4 is 9.80 Å². The molecule has 0 unspecified atom stereocenters. The number of pyridine rings is 1. The van der Waals surface area contributed by atoms with Crippen LogP contribution in [0.3, 0.4) is 0 Å². The Kier molecular flexibility index (Phi) is 3.85. The molecule has 0 saturated carbocycles. The lowest BCUT2D eigenvalue weighted by molar-refractivity contribution is 0.0697. The average Bonchev–Trinajstić information content (AvgIpc) is 2.53. The number of hydrogen-bond donors (Lipinski definition) is 1. The van der Waals surface area contributed by atoms with Gasteiger partial charge in [-0.2, -0.15) is 0 Å². The zero-order chi connectivity index (χ0) is 15.7. The van der Waals surface area contributed by atoms with E-state index < -0.39 is 5.97 Å². The van der Waals surface area contributed by atoms with Crippen LogP contribution in [0.1, 0.15) is 10.4 Å². The van der Waals surface area contributed by atoms with Crippen molar-refractivity contribution in [2.75, 3.05) is 50.2 Å². The first kappa shape index (κ1) is 14.6. The van der Waals surface area contributed by atoms with Crippen LogP contribution in [-0.2, 0) is 4.74 Å². The number of carboxylic acid groups (broad SMARTS) is 1.